The van der Waals surface area contributed by atoms with Gasteiger partial charge in [0.25, 0.3) is 5.91 Å². The van der Waals surface area contributed by atoms with Gasteiger partial charge in [0, 0.05) is 29.2 Å². The Balaban J connectivity index is 1.56. The molecule has 0 bridgehead atoms. The standard InChI is InChI=1S/C23H23ClN2O3/c1-17-6-12-20(13-7-17)26(16-21-4-3-15-29-21)22(27)5-2-14-25-23(28)18-8-10-19(24)11-9-18/h3-4,6-13,15H,2,5,14,16H2,1H3,(H,25,28). The first-order chi connectivity index (χ1) is 14.0. The minimum atomic E-state index is -0.180. The highest BCUT2D eigenvalue weighted by molar-refractivity contribution is 6.30. The van der Waals surface area contributed by atoms with E-state index in [1.807, 2.05) is 37.3 Å². The number of carbonyl (C=O) groups is 2. The average molecular weight is 411 g/mol. The third kappa shape index (κ3) is 5.96. The molecule has 0 saturated carbocycles. The molecule has 2 amide bonds. The lowest BCUT2D eigenvalue weighted by Gasteiger charge is -2.22. The van der Waals surface area contributed by atoms with Crippen LogP contribution in [0.2, 0.25) is 5.02 Å². The molecule has 0 aliphatic carbocycles. The Kier molecular flexibility index (Phi) is 7.09. The molecule has 5 nitrogen and oxygen atoms in total. The molecule has 0 aliphatic heterocycles. The molecular formula is C23H23ClN2O3. The van der Waals surface area contributed by atoms with Crippen LogP contribution in [-0.4, -0.2) is 18.4 Å². The van der Waals surface area contributed by atoms with Gasteiger partial charge in [0.05, 0.1) is 12.8 Å². The van der Waals surface area contributed by atoms with Gasteiger partial charge < -0.3 is 14.6 Å². The minimum absolute atomic E-state index is 0.0222. The quantitative estimate of drug-likeness (QED) is 0.532. The first kappa shape index (κ1) is 20.7. The number of aryl methyl sites for hydroxylation is 1. The lowest BCUT2D eigenvalue weighted by molar-refractivity contribution is -0.118. The SMILES string of the molecule is Cc1ccc(N(Cc2ccco2)C(=O)CCCNC(=O)c2ccc(Cl)cc2)cc1. The van der Waals surface area contributed by atoms with E-state index in [1.54, 1.807) is 41.5 Å². The fraction of sp³-hybridized carbons (Fsp3) is 0.217. The molecule has 0 unspecified atom stereocenters. The highest BCUT2D eigenvalue weighted by Crippen LogP contribution is 2.20. The minimum Gasteiger partial charge on any atom is -0.467 e. The van der Waals surface area contributed by atoms with Crippen LogP contribution in [0.25, 0.3) is 0 Å². The molecule has 150 valence electrons. The lowest BCUT2D eigenvalue weighted by Crippen LogP contribution is -2.31. The van der Waals surface area contributed by atoms with Crippen LogP contribution >= 0.6 is 11.6 Å². The summed E-state index contributed by atoms with van der Waals surface area (Å²) in [6, 6.07) is 18.2. The number of rotatable bonds is 8. The Morgan fingerprint density at radius 2 is 1.76 bits per heavy atom. The first-order valence-corrected chi connectivity index (χ1v) is 9.84. The van der Waals surface area contributed by atoms with Crippen LogP contribution in [0.15, 0.2) is 71.3 Å². The van der Waals surface area contributed by atoms with Crippen LogP contribution in [0.4, 0.5) is 5.69 Å². The van der Waals surface area contributed by atoms with Gasteiger partial charge in [-0.2, -0.15) is 0 Å². The molecule has 3 aromatic rings. The molecule has 1 N–H and O–H groups in total. The summed E-state index contributed by atoms with van der Waals surface area (Å²) in [5, 5.41) is 3.42. The molecule has 2 aromatic carbocycles. The van der Waals surface area contributed by atoms with Crippen LogP contribution in [0.3, 0.4) is 0 Å². The predicted molar refractivity (Wildman–Crippen MR) is 114 cm³/mol. The molecule has 0 fully saturated rings. The number of amides is 2. The zero-order valence-corrected chi connectivity index (χ0v) is 17.0. The number of furan rings is 1. The van der Waals surface area contributed by atoms with Gasteiger partial charge in [0.15, 0.2) is 0 Å². The van der Waals surface area contributed by atoms with Gasteiger partial charge in [-0.05, 0) is 61.9 Å². The Morgan fingerprint density at radius 1 is 1.03 bits per heavy atom. The van der Waals surface area contributed by atoms with Crippen LogP contribution in [0.5, 0.6) is 0 Å². The van der Waals surface area contributed by atoms with Gasteiger partial charge in [-0.1, -0.05) is 29.3 Å². The highest BCUT2D eigenvalue weighted by atomic mass is 35.5. The Labute approximate surface area is 175 Å². The van der Waals surface area contributed by atoms with Crippen molar-refractivity contribution in [2.45, 2.75) is 26.3 Å². The van der Waals surface area contributed by atoms with Crippen molar-refractivity contribution in [1.82, 2.24) is 5.32 Å². The second kappa shape index (κ2) is 9.94. The summed E-state index contributed by atoms with van der Waals surface area (Å²) in [6.07, 6.45) is 2.45. The number of benzene rings is 2. The topological polar surface area (TPSA) is 62.6 Å². The molecule has 0 spiro atoms. The van der Waals surface area contributed by atoms with Gasteiger partial charge in [-0.25, -0.2) is 0 Å². The Morgan fingerprint density at radius 3 is 2.41 bits per heavy atom. The Hall–Kier alpha value is -3.05. The van der Waals surface area contributed by atoms with E-state index >= 15 is 0 Å². The van der Waals surface area contributed by atoms with Crippen molar-refractivity contribution in [1.29, 1.82) is 0 Å². The van der Waals surface area contributed by atoms with Crippen LogP contribution < -0.4 is 10.2 Å². The summed E-state index contributed by atoms with van der Waals surface area (Å²) >= 11 is 5.84. The van der Waals surface area contributed by atoms with Gasteiger partial charge in [-0.3, -0.25) is 9.59 Å². The molecule has 0 radical (unpaired) electrons. The van der Waals surface area contributed by atoms with E-state index in [0.29, 0.717) is 36.5 Å². The lowest BCUT2D eigenvalue weighted by atomic mass is 10.2. The fourth-order valence-electron chi connectivity index (χ4n) is 2.89. The maximum atomic E-state index is 12.9. The molecule has 6 heteroatoms. The molecule has 29 heavy (non-hydrogen) atoms. The maximum absolute atomic E-state index is 12.9. The maximum Gasteiger partial charge on any atom is 0.251 e. The van der Waals surface area contributed by atoms with Crippen LogP contribution in [0, 0.1) is 6.92 Å². The van der Waals surface area contributed by atoms with Crippen molar-refractivity contribution in [2.75, 3.05) is 11.4 Å². The van der Waals surface area contributed by atoms with Gasteiger partial charge in [0.1, 0.15) is 5.76 Å². The second-order valence-corrected chi connectivity index (χ2v) is 7.20. The molecule has 1 aromatic heterocycles. The van der Waals surface area contributed by atoms with Crippen LogP contribution in [0.1, 0.15) is 34.5 Å². The van der Waals surface area contributed by atoms with Crippen molar-refractivity contribution in [3.8, 4) is 0 Å². The zero-order valence-electron chi connectivity index (χ0n) is 16.2. The third-order valence-electron chi connectivity index (χ3n) is 4.50. The van der Waals surface area contributed by atoms with E-state index in [2.05, 4.69) is 5.32 Å². The Bertz CT molecular complexity index is 935. The van der Waals surface area contributed by atoms with Crippen molar-refractivity contribution in [3.63, 3.8) is 0 Å². The monoisotopic (exact) mass is 410 g/mol. The third-order valence-corrected chi connectivity index (χ3v) is 4.75. The zero-order chi connectivity index (χ0) is 20.6. The van der Waals surface area contributed by atoms with E-state index < -0.39 is 0 Å². The number of anilines is 1. The predicted octanol–water partition coefficient (Wildman–Crippen LogP) is 4.98. The van der Waals surface area contributed by atoms with Gasteiger partial charge >= 0.3 is 0 Å². The summed E-state index contributed by atoms with van der Waals surface area (Å²) in [7, 11) is 0. The molecule has 0 atom stereocenters. The first-order valence-electron chi connectivity index (χ1n) is 9.46. The van der Waals surface area contributed by atoms with E-state index in [4.69, 9.17) is 16.0 Å². The summed E-state index contributed by atoms with van der Waals surface area (Å²) in [5.41, 5.74) is 2.49. The number of nitrogens with one attached hydrogen (secondary N) is 1. The smallest absolute Gasteiger partial charge is 0.251 e. The van der Waals surface area contributed by atoms with Crippen molar-refractivity contribution in [3.05, 3.63) is 88.8 Å². The number of halogens is 1. The van der Waals surface area contributed by atoms with Crippen molar-refractivity contribution >= 4 is 29.1 Å². The molecule has 0 aliphatic rings. The largest absolute Gasteiger partial charge is 0.467 e. The highest BCUT2D eigenvalue weighted by Gasteiger charge is 2.17. The number of hydrogen-bond donors (Lipinski definition) is 1. The van der Waals surface area contributed by atoms with E-state index in [1.165, 1.54) is 0 Å². The van der Waals surface area contributed by atoms with E-state index in [9.17, 15) is 9.59 Å². The van der Waals surface area contributed by atoms with Crippen LogP contribution in [-0.2, 0) is 11.3 Å². The molecule has 1 heterocycles. The molecular weight excluding hydrogens is 388 g/mol. The van der Waals surface area contributed by atoms with Gasteiger partial charge in [-0.15, -0.1) is 0 Å². The molecule has 0 saturated heterocycles. The average Bonchev–Trinajstić information content (AvgIpc) is 3.24. The second-order valence-electron chi connectivity index (χ2n) is 6.76. The van der Waals surface area contributed by atoms with Gasteiger partial charge in [0.2, 0.25) is 5.91 Å². The summed E-state index contributed by atoms with van der Waals surface area (Å²) in [6.45, 7) is 2.79. The van der Waals surface area contributed by atoms with Crippen molar-refractivity contribution < 1.29 is 14.0 Å². The fourth-order valence-corrected chi connectivity index (χ4v) is 3.01. The summed E-state index contributed by atoms with van der Waals surface area (Å²) in [5.74, 6) is 0.515. The molecule has 3 rings (SSSR count). The number of carbonyl (C=O) groups excluding carboxylic acids is 2. The van der Waals surface area contributed by atoms with E-state index in [0.717, 1.165) is 17.0 Å². The van der Waals surface area contributed by atoms with E-state index in [-0.39, 0.29) is 11.8 Å². The summed E-state index contributed by atoms with van der Waals surface area (Å²) in [4.78, 5) is 26.7. The normalized spacial score (nSPS) is 10.6. The summed E-state index contributed by atoms with van der Waals surface area (Å²) < 4.78 is 5.41. The van der Waals surface area contributed by atoms with Crippen molar-refractivity contribution in [2.24, 2.45) is 0 Å². The number of nitrogens with zero attached hydrogens (tertiary/aromatic N) is 1. The number of hydrogen-bond acceptors (Lipinski definition) is 3.